The second-order valence-corrected chi connectivity index (χ2v) is 6.10. The van der Waals surface area contributed by atoms with Gasteiger partial charge < -0.3 is 9.91 Å². The molecule has 0 saturated heterocycles. The second-order valence-electron chi connectivity index (χ2n) is 6.10. The standard InChI is InChI=1S/C17H20N6O2/c1-20(2)13-7-5-12(6-8-13)18-19-17-15-11-14(23(24)25)9-10-16(15)21(3)22(17)4/h5-11,17H,1-4H3. The first-order chi connectivity index (χ1) is 11.9. The van der Waals surface area contributed by atoms with Gasteiger partial charge in [0.05, 0.1) is 16.3 Å². The molecule has 0 bridgehead atoms. The number of anilines is 2. The van der Waals surface area contributed by atoms with Crippen LogP contribution in [0, 0.1) is 10.1 Å². The van der Waals surface area contributed by atoms with E-state index in [-0.39, 0.29) is 5.69 Å². The number of nitro groups is 1. The number of rotatable bonds is 4. The van der Waals surface area contributed by atoms with Gasteiger partial charge in [0, 0.05) is 51.6 Å². The van der Waals surface area contributed by atoms with Gasteiger partial charge in [-0.3, -0.25) is 10.1 Å². The van der Waals surface area contributed by atoms with Gasteiger partial charge in [-0.25, -0.2) is 0 Å². The number of azo groups is 1. The zero-order valence-electron chi connectivity index (χ0n) is 14.6. The van der Waals surface area contributed by atoms with Crippen LogP contribution in [0.1, 0.15) is 11.7 Å². The minimum absolute atomic E-state index is 0.0537. The lowest BCUT2D eigenvalue weighted by molar-refractivity contribution is -0.384. The lowest BCUT2D eigenvalue weighted by Crippen LogP contribution is -2.32. The molecule has 8 heteroatoms. The van der Waals surface area contributed by atoms with E-state index in [0.29, 0.717) is 0 Å². The van der Waals surface area contributed by atoms with E-state index in [4.69, 9.17) is 0 Å². The van der Waals surface area contributed by atoms with Crippen LogP contribution >= 0.6 is 0 Å². The van der Waals surface area contributed by atoms with Crippen LogP contribution in [0.5, 0.6) is 0 Å². The van der Waals surface area contributed by atoms with Crippen LogP contribution in [0.15, 0.2) is 52.7 Å². The van der Waals surface area contributed by atoms with Gasteiger partial charge in [-0.1, -0.05) is 0 Å². The highest BCUT2D eigenvalue weighted by Gasteiger charge is 2.33. The molecule has 2 aromatic carbocycles. The summed E-state index contributed by atoms with van der Waals surface area (Å²) < 4.78 is 0. The van der Waals surface area contributed by atoms with Crippen molar-refractivity contribution in [3.8, 4) is 0 Å². The predicted octanol–water partition coefficient (Wildman–Crippen LogP) is 3.74. The maximum absolute atomic E-state index is 11.1. The summed E-state index contributed by atoms with van der Waals surface area (Å²) in [7, 11) is 7.73. The molecule has 1 aliphatic heterocycles. The van der Waals surface area contributed by atoms with Crippen molar-refractivity contribution < 1.29 is 4.92 Å². The van der Waals surface area contributed by atoms with Crippen LogP contribution in [0.4, 0.5) is 22.7 Å². The molecule has 2 aromatic rings. The Kier molecular flexibility index (Phi) is 4.37. The Balaban J connectivity index is 1.90. The molecule has 0 spiro atoms. The van der Waals surface area contributed by atoms with Gasteiger partial charge in [-0.15, -0.1) is 0 Å². The molecule has 1 aliphatic rings. The fourth-order valence-electron chi connectivity index (χ4n) is 2.77. The van der Waals surface area contributed by atoms with E-state index in [9.17, 15) is 10.1 Å². The summed E-state index contributed by atoms with van der Waals surface area (Å²) in [6.07, 6.45) is -0.395. The Morgan fingerprint density at radius 2 is 1.80 bits per heavy atom. The molecule has 25 heavy (non-hydrogen) atoms. The summed E-state index contributed by atoms with van der Waals surface area (Å²) in [5, 5.41) is 23.6. The first-order valence-corrected chi connectivity index (χ1v) is 7.81. The third-order valence-corrected chi connectivity index (χ3v) is 4.32. The minimum atomic E-state index is -0.396. The molecule has 0 aliphatic carbocycles. The Hall–Kier alpha value is -3.00. The molecule has 1 atom stereocenters. The first kappa shape index (κ1) is 16.8. The Bertz CT molecular complexity index is 818. The van der Waals surface area contributed by atoms with Crippen LogP contribution in [0.3, 0.4) is 0 Å². The fourth-order valence-corrected chi connectivity index (χ4v) is 2.77. The van der Waals surface area contributed by atoms with Crippen molar-refractivity contribution >= 4 is 22.7 Å². The van der Waals surface area contributed by atoms with Gasteiger partial charge in [-0.05, 0) is 30.3 Å². The number of fused-ring (bicyclic) bond motifs is 1. The van der Waals surface area contributed by atoms with E-state index >= 15 is 0 Å². The molecule has 1 unspecified atom stereocenters. The molecule has 0 N–H and O–H groups in total. The molecule has 130 valence electrons. The number of hydrogen-bond donors (Lipinski definition) is 0. The van der Waals surface area contributed by atoms with Crippen molar-refractivity contribution in [2.75, 3.05) is 38.1 Å². The van der Waals surface area contributed by atoms with E-state index in [1.807, 2.05) is 67.4 Å². The highest BCUT2D eigenvalue weighted by atomic mass is 16.6. The quantitative estimate of drug-likeness (QED) is 0.481. The molecule has 3 rings (SSSR count). The third kappa shape index (κ3) is 3.16. The van der Waals surface area contributed by atoms with Crippen LogP contribution in [0.2, 0.25) is 0 Å². The average molecular weight is 340 g/mol. The van der Waals surface area contributed by atoms with Gasteiger partial charge in [0.2, 0.25) is 0 Å². The van der Waals surface area contributed by atoms with Crippen molar-refractivity contribution in [1.82, 2.24) is 5.01 Å². The van der Waals surface area contributed by atoms with Gasteiger partial charge in [0.25, 0.3) is 5.69 Å². The molecule has 0 aromatic heterocycles. The summed E-state index contributed by atoms with van der Waals surface area (Å²) in [4.78, 5) is 12.7. The topological polar surface area (TPSA) is 77.6 Å². The minimum Gasteiger partial charge on any atom is -0.378 e. The van der Waals surface area contributed by atoms with Crippen molar-refractivity contribution in [1.29, 1.82) is 0 Å². The van der Waals surface area contributed by atoms with Gasteiger partial charge in [0.15, 0.2) is 6.17 Å². The van der Waals surface area contributed by atoms with Crippen LogP contribution < -0.4 is 9.91 Å². The van der Waals surface area contributed by atoms with Crippen LogP contribution in [-0.4, -0.2) is 38.1 Å². The Labute approximate surface area is 146 Å². The number of non-ortho nitro benzene ring substituents is 1. The normalized spacial score (nSPS) is 17.1. The summed E-state index contributed by atoms with van der Waals surface area (Å²) in [5.41, 5.74) is 3.53. The van der Waals surface area contributed by atoms with Crippen LogP contribution in [0.25, 0.3) is 0 Å². The smallest absolute Gasteiger partial charge is 0.269 e. The molecular formula is C17H20N6O2. The first-order valence-electron chi connectivity index (χ1n) is 7.81. The summed E-state index contributed by atoms with van der Waals surface area (Å²) in [6, 6.07) is 12.5. The van der Waals surface area contributed by atoms with E-state index in [2.05, 4.69) is 10.2 Å². The fraction of sp³-hybridized carbons (Fsp3) is 0.294. The molecule has 8 nitrogen and oxygen atoms in total. The van der Waals surface area contributed by atoms with Gasteiger partial charge >= 0.3 is 0 Å². The van der Waals surface area contributed by atoms with Crippen molar-refractivity contribution in [3.05, 3.63) is 58.1 Å². The zero-order chi connectivity index (χ0) is 18.1. The highest BCUT2D eigenvalue weighted by Crippen LogP contribution is 2.41. The highest BCUT2D eigenvalue weighted by molar-refractivity contribution is 5.61. The number of nitrogens with zero attached hydrogens (tertiary/aromatic N) is 6. The third-order valence-electron chi connectivity index (χ3n) is 4.32. The van der Waals surface area contributed by atoms with Crippen LogP contribution in [-0.2, 0) is 0 Å². The molecular weight excluding hydrogens is 320 g/mol. The maximum Gasteiger partial charge on any atom is 0.269 e. The molecule has 0 radical (unpaired) electrons. The number of hydrogen-bond acceptors (Lipinski definition) is 7. The van der Waals surface area contributed by atoms with E-state index in [1.165, 1.54) is 6.07 Å². The summed E-state index contributed by atoms with van der Waals surface area (Å²) in [5.74, 6) is 0. The average Bonchev–Trinajstić information content (AvgIpc) is 2.84. The van der Waals surface area contributed by atoms with Gasteiger partial charge in [-0.2, -0.15) is 15.2 Å². The Morgan fingerprint density at radius 3 is 2.40 bits per heavy atom. The molecule has 0 fully saturated rings. The lowest BCUT2D eigenvalue weighted by Gasteiger charge is -2.23. The number of hydrazine groups is 1. The van der Waals surface area contributed by atoms with E-state index in [1.54, 1.807) is 12.1 Å². The maximum atomic E-state index is 11.1. The summed E-state index contributed by atoms with van der Waals surface area (Å²) in [6.45, 7) is 0. The molecule has 1 heterocycles. The van der Waals surface area contributed by atoms with E-state index in [0.717, 1.165) is 22.6 Å². The SMILES string of the molecule is CN(C)c1ccc(N=NC2c3cc([N+](=O)[O-])ccc3N(C)N2C)cc1. The molecule has 0 saturated carbocycles. The Morgan fingerprint density at radius 1 is 1.12 bits per heavy atom. The number of benzene rings is 2. The van der Waals surface area contributed by atoms with Gasteiger partial charge in [0.1, 0.15) is 0 Å². The number of nitro benzene ring substituents is 1. The predicted molar refractivity (Wildman–Crippen MR) is 97.3 cm³/mol. The second kappa shape index (κ2) is 6.48. The zero-order valence-corrected chi connectivity index (χ0v) is 14.6. The van der Waals surface area contributed by atoms with E-state index < -0.39 is 11.1 Å². The molecule has 0 amide bonds. The largest absolute Gasteiger partial charge is 0.378 e. The monoisotopic (exact) mass is 340 g/mol. The lowest BCUT2D eigenvalue weighted by atomic mass is 10.1. The van der Waals surface area contributed by atoms with Crippen molar-refractivity contribution in [2.24, 2.45) is 10.2 Å². The van der Waals surface area contributed by atoms with Crippen molar-refractivity contribution in [3.63, 3.8) is 0 Å². The summed E-state index contributed by atoms with van der Waals surface area (Å²) >= 11 is 0. The van der Waals surface area contributed by atoms with Crippen molar-refractivity contribution in [2.45, 2.75) is 6.17 Å².